The molecule has 2 atom stereocenters. The van der Waals surface area contributed by atoms with Gasteiger partial charge in [0.2, 0.25) is 17.4 Å². The molecule has 4 bridgehead atoms. The van der Waals surface area contributed by atoms with E-state index in [0.717, 1.165) is 81.8 Å². The van der Waals surface area contributed by atoms with Crippen molar-refractivity contribution in [3.63, 3.8) is 0 Å². The minimum atomic E-state index is -5.93. The van der Waals surface area contributed by atoms with E-state index in [1.54, 1.807) is 0 Å². The van der Waals surface area contributed by atoms with Gasteiger partial charge in [-0.25, -0.2) is 22.0 Å². The number of hydrogen-bond donors (Lipinski definition) is 0. The highest BCUT2D eigenvalue weighted by Crippen LogP contribution is 2.63. The molecule has 0 radical (unpaired) electrons. The standard InChI is InChI=1S/C42H50F4O7S/c43-33-35(45)38(54(49,50)51)36(46)34(44)37(33)52-40(48)41-19-24-16-25(20-41)22-42(21-24,23-41)53-39(47)32-30(27-12-6-2-7-13-27)17-29(26-10-4-1-5-11-26)18-31(32)28-14-8-3-9-15-28/h17-18,24-28H,1-16,19-23H2,(H,49,50,51)/p-1. The number of carbonyl (C=O) groups excluding carboxylic acids is 2. The molecule has 0 aliphatic heterocycles. The number of rotatable bonds is 8. The fraction of sp³-hybridized carbons (Fsp3) is 0.667. The zero-order valence-electron chi connectivity index (χ0n) is 30.7. The van der Waals surface area contributed by atoms with E-state index < -0.39 is 61.0 Å². The van der Waals surface area contributed by atoms with Gasteiger partial charge in [0, 0.05) is 6.42 Å². The smallest absolute Gasteiger partial charge is 0.339 e. The van der Waals surface area contributed by atoms with E-state index in [2.05, 4.69) is 12.1 Å². The molecule has 294 valence electrons. The molecule has 2 aromatic rings. The molecule has 0 saturated heterocycles. The highest BCUT2D eigenvalue weighted by atomic mass is 32.2. The Morgan fingerprint density at radius 1 is 0.667 bits per heavy atom. The number of benzene rings is 2. The Hall–Kier alpha value is -2.99. The summed E-state index contributed by atoms with van der Waals surface area (Å²) in [5, 5.41) is 0. The molecule has 2 aromatic carbocycles. The second-order valence-corrected chi connectivity index (χ2v) is 19.0. The van der Waals surface area contributed by atoms with Crippen molar-refractivity contribution in [2.45, 2.75) is 163 Å². The maximum absolute atomic E-state index is 15.0. The average molecular weight is 774 g/mol. The lowest BCUT2D eigenvalue weighted by molar-refractivity contribution is -0.190. The molecule has 2 unspecified atom stereocenters. The van der Waals surface area contributed by atoms with Crippen molar-refractivity contribution in [2.75, 3.05) is 0 Å². The molecule has 12 heteroatoms. The average Bonchev–Trinajstić information content (AvgIpc) is 3.15. The van der Waals surface area contributed by atoms with E-state index in [9.17, 15) is 40.1 Å². The van der Waals surface area contributed by atoms with Crippen LogP contribution in [0.2, 0.25) is 0 Å². The Morgan fingerprint density at radius 3 is 1.59 bits per heavy atom. The fourth-order valence-electron chi connectivity index (χ4n) is 12.0. The molecule has 0 heterocycles. The van der Waals surface area contributed by atoms with Crippen LogP contribution in [-0.4, -0.2) is 30.5 Å². The molecule has 7 saturated carbocycles. The van der Waals surface area contributed by atoms with E-state index in [1.807, 2.05) is 0 Å². The van der Waals surface area contributed by atoms with Crippen LogP contribution in [0.1, 0.15) is 180 Å². The van der Waals surface area contributed by atoms with Crippen LogP contribution >= 0.6 is 0 Å². The Morgan fingerprint density at radius 2 is 1.13 bits per heavy atom. The van der Waals surface area contributed by atoms with Gasteiger partial charge in [0.25, 0.3) is 0 Å². The Kier molecular flexibility index (Phi) is 10.2. The van der Waals surface area contributed by atoms with Gasteiger partial charge in [0.1, 0.15) is 20.6 Å². The highest BCUT2D eigenvalue weighted by Gasteiger charge is 2.63. The molecule has 54 heavy (non-hydrogen) atoms. The predicted octanol–water partition coefficient (Wildman–Crippen LogP) is 10.4. The van der Waals surface area contributed by atoms with Crippen molar-refractivity contribution < 1.29 is 49.6 Å². The Labute approximate surface area is 314 Å². The molecule has 0 N–H and O–H groups in total. The summed E-state index contributed by atoms with van der Waals surface area (Å²) < 4.78 is 105. The maximum Gasteiger partial charge on any atom is 0.339 e. The lowest BCUT2D eigenvalue weighted by Crippen LogP contribution is -2.60. The summed E-state index contributed by atoms with van der Waals surface area (Å²) in [5.41, 5.74) is 1.81. The van der Waals surface area contributed by atoms with E-state index >= 15 is 0 Å². The lowest BCUT2D eigenvalue weighted by atomic mass is 9.48. The van der Waals surface area contributed by atoms with Crippen LogP contribution in [0.4, 0.5) is 17.6 Å². The third-order valence-corrected chi connectivity index (χ3v) is 14.8. The molecular formula is C42H49F4O7S-. The van der Waals surface area contributed by atoms with Crippen molar-refractivity contribution in [3.05, 3.63) is 57.7 Å². The van der Waals surface area contributed by atoms with E-state index in [0.29, 0.717) is 24.3 Å². The van der Waals surface area contributed by atoms with Gasteiger partial charge in [0.15, 0.2) is 11.6 Å². The summed E-state index contributed by atoms with van der Waals surface area (Å²) >= 11 is 0. The minimum absolute atomic E-state index is 0.0243. The van der Waals surface area contributed by atoms with E-state index in [-0.39, 0.29) is 48.9 Å². The normalized spacial score (nSPS) is 29.4. The molecule has 0 aromatic heterocycles. The van der Waals surface area contributed by atoms with Crippen LogP contribution in [0, 0.1) is 40.5 Å². The largest absolute Gasteiger partial charge is 0.744 e. The van der Waals surface area contributed by atoms with Crippen molar-refractivity contribution in [2.24, 2.45) is 17.3 Å². The van der Waals surface area contributed by atoms with Gasteiger partial charge in [-0.15, -0.1) is 0 Å². The first-order valence-corrected chi connectivity index (χ1v) is 21.6. The Bertz CT molecular complexity index is 1850. The first kappa shape index (κ1) is 37.9. The third kappa shape index (κ3) is 6.89. The Balaban J connectivity index is 1.14. The van der Waals surface area contributed by atoms with Gasteiger partial charge in [-0.1, -0.05) is 69.9 Å². The molecule has 0 amide bonds. The van der Waals surface area contributed by atoms with Crippen LogP contribution in [0.25, 0.3) is 0 Å². The van der Waals surface area contributed by atoms with E-state index in [4.69, 9.17) is 9.47 Å². The SMILES string of the molecule is O=C(OC12CC3CC(C1)CC(C(=O)Oc1c(F)c(F)c(S(=O)(=O)[O-])c(F)c1F)(C3)C2)c1c(C2CCCCC2)cc(C2CCCCC2)cc1C1CCCCC1. The van der Waals surface area contributed by atoms with Crippen molar-refractivity contribution in [3.8, 4) is 5.75 Å². The highest BCUT2D eigenvalue weighted by molar-refractivity contribution is 7.85. The molecule has 7 aliphatic rings. The maximum atomic E-state index is 15.0. The summed E-state index contributed by atoms with van der Waals surface area (Å²) in [6.45, 7) is 0. The van der Waals surface area contributed by atoms with Crippen LogP contribution in [0.15, 0.2) is 17.0 Å². The van der Waals surface area contributed by atoms with Gasteiger partial charge < -0.3 is 14.0 Å². The fourth-order valence-corrected chi connectivity index (χ4v) is 12.6. The van der Waals surface area contributed by atoms with Crippen molar-refractivity contribution >= 4 is 22.1 Å². The molecule has 7 nitrogen and oxygen atoms in total. The van der Waals surface area contributed by atoms with Crippen LogP contribution in [0.3, 0.4) is 0 Å². The number of halogens is 4. The first-order valence-electron chi connectivity index (χ1n) is 20.2. The summed E-state index contributed by atoms with van der Waals surface area (Å²) in [4.78, 5) is 26.6. The summed E-state index contributed by atoms with van der Waals surface area (Å²) in [5.74, 6) is -11.9. The molecule has 7 fully saturated rings. The van der Waals surface area contributed by atoms with Gasteiger partial charge in [-0.05, 0) is 117 Å². The molecular weight excluding hydrogens is 725 g/mol. The van der Waals surface area contributed by atoms with Gasteiger partial charge in [0.05, 0.1) is 11.0 Å². The third-order valence-electron chi connectivity index (χ3n) is 14.0. The second kappa shape index (κ2) is 14.5. The molecule has 7 aliphatic carbocycles. The number of ether oxygens (including phenoxy) is 2. The minimum Gasteiger partial charge on any atom is -0.744 e. The van der Waals surface area contributed by atoms with Gasteiger partial charge in [-0.3, -0.25) is 4.79 Å². The summed E-state index contributed by atoms with van der Waals surface area (Å²) in [7, 11) is -5.93. The molecule has 0 spiro atoms. The zero-order valence-corrected chi connectivity index (χ0v) is 31.5. The first-order chi connectivity index (χ1) is 25.8. The van der Waals surface area contributed by atoms with Crippen molar-refractivity contribution in [1.29, 1.82) is 0 Å². The second-order valence-electron chi connectivity index (χ2n) is 17.7. The van der Waals surface area contributed by atoms with Crippen LogP contribution < -0.4 is 4.74 Å². The summed E-state index contributed by atoms with van der Waals surface area (Å²) in [6.07, 6.45) is 19.2. The van der Waals surface area contributed by atoms with Gasteiger partial charge in [-0.2, -0.15) is 8.78 Å². The van der Waals surface area contributed by atoms with Crippen LogP contribution in [-0.2, 0) is 19.6 Å². The molecule has 9 rings (SSSR count). The van der Waals surface area contributed by atoms with E-state index in [1.165, 1.54) is 37.7 Å². The lowest BCUT2D eigenvalue weighted by Gasteiger charge is -2.59. The zero-order chi connectivity index (χ0) is 38.0. The number of carbonyl (C=O) groups is 2. The topological polar surface area (TPSA) is 110 Å². The summed E-state index contributed by atoms with van der Waals surface area (Å²) in [6, 6.07) is 4.64. The quantitative estimate of drug-likeness (QED) is 0.0864. The number of hydrogen-bond acceptors (Lipinski definition) is 7. The predicted molar refractivity (Wildman–Crippen MR) is 189 cm³/mol. The number of esters is 2. The van der Waals surface area contributed by atoms with Crippen LogP contribution in [0.5, 0.6) is 5.75 Å². The monoisotopic (exact) mass is 773 g/mol. The van der Waals surface area contributed by atoms with Gasteiger partial charge >= 0.3 is 11.9 Å². The van der Waals surface area contributed by atoms with Crippen molar-refractivity contribution in [1.82, 2.24) is 0 Å².